The number of benzene rings is 1. The molecule has 8 heteroatoms. The molecule has 0 spiro atoms. The summed E-state index contributed by atoms with van der Waals surface area (Å²) in [5, 5.41) is 7.52. The second kappa shape index (κ2) is 9.49. The topological polar surface area (TPSA) is 84.5 Å². The van der Waals surface area contributed by atoms with Gasteiger partial charge in [-0.2, -0.15) is 0 Å². The van der Waals surface area contributed by atoms with Crippen molar-refractivity contribution in [3.05, 3.63) is 58.0 Å². The zero-order chi connectivity index (χ0) is 23.7. The van der Waals surface area contributed by atoms with Gasteiger partial charge in [0.2, 0.25) is 5.91 Å². The normalized spacial score (nSPS) is 27.7. The molecule has 4 bridgehead atoms. The van der Waals surface area contributed by atoms with Crippen LogP contribution in [0.4, 0.5) is 4.39 Å². The molecule has 1 unspecified atom stereocenters. The van der Waals surface area contributed by atoms with E-state index in [1.165, 1.54) is 42.7 Å². The van der Waals surface area contributed by atoms with E-state index in [9.17, 15) is 18.8 Å². The molecule has 1 aromatic carbocycles. The highest BCUT2D eigenvalue weighted by atomic mass is 32.1. The average Bonchev–Trinajstić information content (AvgIpc) is 3.34. The first-order chi connectivity index (χ1) is 16.4. The van der Waals surface area contributed by atoms with Crippen LogP contribution in [0.2, 0.25) is 0 Å². The van der Waals surface area contributed by atoms with Gasteiger partial charge in [0.25, 0.3) is 5.91 Å². The van der Waals surface area contributed by atoms with Crippen molar-refractivity contribution in [2.75, 3.05) is 13.2 Å². The number of amides is 2. The van der Waals surface area contributed by atoms with Crippen molar-refractivity contribution in [1.29, 1.82) is 0 Å². The molecule has 0 radical (unpaired) electrons. The summed E-state index contributed by atoms with van der Waals surface area (Å²) in [5.74, 6) is 0.429. The first-order valence-electron chi connectivity index (χ1n) is 11.9. The molecule has 4 aliphatic rings. The Hall–Kier alpha value is -2.74. The second-order valence-electron chi connectivity index (χ2n) is 10.1. The third kappa shape index (κ3) is 4.87. The van der Waals surface area contributed by atoms with Crippen LogP contribution in [0.3, 0.4) is 0 Å². The van der Waals surface area contributed by atoms with E-state index in [4.69, 9.17) is 4.74 Å². The number of nitrogens with one attached hydrogen (secondary N) is 2. The van der Waals surface area contributed by atoms with Crippen LogP contribution in [-0.4, -0.2) is 30.9 Å². The van der Waals surface area contributed by atoms with E-state index in [2.05, 4.69) is 10.6 Å². The Morgan fingerprint density at radius 3 is 2.26 bits per heavy atom. The molecule has 4 saturated carbocycles. The molecule has 1 atom stereocenters. The lowest BCUT2D eigenvalue weighted by Crippen LogP contribution is -2.54. The smallest absolute Gasteiger partial charge is 0.325 e. The fourth-order valence-electron chi connectivity index (χ4n) is 6.56. The van der Waals surface area contributed by atoms with Gasteiger partial charge in [0, 0.05) is 10.3 Å². The van der Waals surface area contributed by atoms with E-state index in [1.54, 1.807) is 12.1 Å². The number of carbonyl (C=O) groups is 3. The minimum Gasteiger partial charge on any atom is -0.454 e. The molecule has 6 nitrogen and oxygen atoms in total. The molecule has 34 heavy (non-hydrogen) atoms. The Labute approximate surface area is 202 Å². The summed E-state index contributed by atoms with van der Waals surface area (Å²) in [6.45, 7) is -0.685. The lowest BCUT2D eigenvalue weighted by atomic mass is 9.49. The van der Waals surface area contributed by atoms with Crippen LogP contribution in [0, 0.1) is 29.0 Å². The van der Waals surface area contributed by atoms with Crippen LogP contribution in [0.25, 0.3) is 0 Å². The monoisotopic (exact) mass is 484 g/mol. The van der Waals surface area contributed by atoms with E-state index in [-0.39, 0.29) is 23.7 Å². The lowest BCUT2D eigenvalue weighted by molar-refractivity contribution is -0.152. The van der Waals surface area contributed by atoms with Gasteiger partial charge in [0.15, 0.2) is 6.61 Å². The molecule has 1 aromatic heterocycles. The molecule has 0 saturated heterocycles. The van der Waals surface area contributed by atoms with Gasteiger partial charge >= 0.3 is 5.97 Å². The third-order valence-electron chi connectivity index (χ3n) is 7.61. The van der Waals surface area contributed by atoms with E-state index < -0.39 is 24.5 Å². The average molecular weight is 485 g/mol. The molecule has 2 N–H and O–H groups in total. The molecule has 180 valence electrons. The first kappa shape index (κ1) is 23.0. The van der Waals surface area contributed by atoms with Crippen LogP contribution in [0.15, 0.2) is 41.8 Å². The Morgan fingerprint density at radius 2 is 1.68 bits per heavy atom. The van der Waals surface area contributed by atoms with E-state index in [1.807, 2.05) is 17.5 Å². The number of hydrogen-bond donors (Lipinski definition) is 2. The van der Waals surface area contributed by atoms with Gasteiger partial charge in [-0.05, 0) is 85.4 Å². The quantitative estimate of drug-likeness (QED) is 0.556. The fourth-order valence-corrected chi connectivity index (χ4v) is 7.36. The third-order valence-corrected chi connectivity index (χ3v) is 8.55. The number of esters is 1. The summed E-state index contributed by atoms with van der Waals surface area (Å²) < 4.78 is 18.5. The maximum atomic E-state index is 13.3. The number of halogens is 1. The molecule has 4 fully saturated rings. The van der Waals surface area contributed by atoms with Crippen LogP contribution in [-0.2, 0) is 19.1 Å². The summed E-state index contributed by atoms with van der Waals surface area (Å²) in [7, 11) is 0. The van der Waals surface area contributed by atoms with Crippen molar-refractivity contribution in [3.63, 3.8) is 0 Å². The highest BCUT2D eigenvalue weighted by Gasteiger charge is 2.54. The highest BCUT2D eigenvalue weighted by molar-refractivity contribution is 7.10. The minimum atomic E-state index is -0.636. The summed E-state index contributed by atoms with van der Waals surface area (Å²) in [6.07, 6.45) is 6.51. The van der Waals surface area contributed by atoms with Crippen LogP contribution < -0.4 is 10.6 Å². The van der Waals surface area contributed by atoms with Crippen molar-refractivity contribution in [1.82, 2.24) is 10.6 Å². The van der Waals surface area contributed by atoms with E-state index in [0.717, 1.165) is 29.7 Å². The van der Waals surface area contributed by atoms with Crippen molar-refractivity contribution in [3.8, 4) is 0 Å². The SMILES string of the molecule is O=C(COC(=O)CNC(=O)C12CC3CC(CC(C3)C1)C2)NC(c1ccc(F)cc1)c1cccs1. The summed E-state index contributed by atoms with van der Waals surface area (Å²) in [6, 6.07) is 9.20. The molecule has 4 aliphatic carbocycles. The van der Waals surface area contributed by atoms with Gasteiger partial charge in [0.05, 0.1) is 6.04 Å². The standard InChI is InChI=1S/C26H29FN2O4S/c27-20-5-3-19(4-6-20)24(21-2-1-7-34-21)29-22(30)15-33-23(31)14-28-25(32)26-11-16-8-17(12-26)10-18(9-16)13-26/h1-7,16-18,24H,8-15H2,(H,28,32)(H,29,30). The van der Waals surface area contributed by atoms with Crippen molar-refractivity contribution >= 4 is 29.1 Å². The van der Waals surface area contributed by atoms with Gasteiger partial charge in [0.1, 0.15) is 12.4 Å². The Kier molecular flexibility index (Phi) is 6.42. The Bertz CT molecular complexity index is 1020. The lowest BCUT2D eigenvalue weighted by Gasteiger charge is -2.55. The Balaban J connectivity index is 1.11. The molecular formula is C26H29FN2O4S. The predicted molar refractivity (Wildman–Crippen MR) is 125 cm³/mol. The zero-order valence-corrected chi connectivity index (χ0v) is 19.7. The van der Waals surface area contributed by atoms with Gasteiger partial charge < -0.3 is 15.4 Å². The summed E-state index contributed by atoms with van der Waals surface area (Å²) in [5.41, 5.74) is 0.404. The van der Waals surface area contributed by atoms with Crippen molar-refractivity contribution in [2.24, 2.45) is 23.2 Å². The van der Waals surface area contributed by atoms with Gasteiger partial charge in [-0.3, -0.25) is 14.4 Å². The number of rotatable bonds is 8. The number of ether oxygens (including phenoxy) is 1. The maximum absolute atomic E-state index is 13.3. The van der Waals surface area contributed by atoms with Gasteiger partial charge in [-0.1, -0.05) is 18.2 Å². The minimum absolute atomic E-state index is 0.0397. The maximum Gasteiger partial charge on any atom is 0.325 e. The molecule has 2 amide bonds. The first-order valence-corrected chi connectivity index (χ1v) is 12.8. The van der Waals surface area contributed by atoms with Gasteiger partial charge in [-0.25, -0.2) is 4.39 Å². The van der Waals surface area contributed by atoms with Crippen molar-refractivity contribution < 1.29 is 23.5 Å². The van der Waals surface area contributed by atoms with Crippen LogP contribution in [0.5, 0.6) is 0 Å². The largest absolute Gasteiger partial charge is 0.454 e. The van der Waals surface area contributed by atoms with Crippen LogP contribution >= 0.6 is 11.3 Å². The molecule has 6 rings (SSSR count). The number of carbonyl (C=O) groups excluding carboxylic acids is 3. The summed E-state index contributed by atoms with van der Waals surface area (Å²) >= 11 is 1.47. The van der Waals surface area contributed by atoms with Gasteiger partial charge in [-0.15, -0.1) is 11.3 Å². The molecule has 0 aliphatic heterocycles. The fraction of sp³-hybridized carbons (Fsp3) is 0.500. The summed E-state index contributed by atoms with van der Waals surface area (Å²) in [4.78, 5) is 38.6. The number of hydrogen-bond acceptors (Lipinski definition) is 5. The molecule has 1 heterocycles. The second-order valence-corrected chi connectivity index (χ2v) is 11.1. The molecular weight excluding hydrogens is 455 g/mol. The molecule has 2 aromatic rings. The van der Waals surface area contributed by atoms with Crippen molar-refractivity contribution in [2.45, 2.75) is 44.6 Å². The van der Waals surface area contributed by atoms with E-state index in [0.29, 0.717) is 17.8 Å². The Morgan fingerprint density at radius 1 is 1.03 bits per heavy atom. The van der Waals surface area contributed by atoms with E-state index >= 15 is 0 Å². The highest BCUT2D eigenvalue weighted by Crippen LogP contribution is 2.60. The zero-order valence-electron chi connectivity index (χ0n) is 18.9. The predicted octanol–water partition coefficient (Wildman–Crippen LogP) is 3.97. The van der Waals surface area contributed by atoms with Crippen LogP contribution in [0.1, 0.15) is 55.0 Å². The number of thiophene rings is 1.